The van der Waals surface area contributed by atoms with Gasteiger partial charge in [-0.3, -0.25) is 4.79 Å². The highest BCUT2D eigenvalue weighted by Gasteiger charge is 2.04. The molecule has 72 valence electrons. The van der Waals surface area contributed by atoms with E-state index in [0.717, 1.165) is 10.8 Å². The third-order valence-corrected chi connectivity index (χ3v) is 3.52. The first kappa shape index (κ1) is 11.0. The second-order valence-electron chi connectivity index (χ2n) is 2.63. The third-order valence-electron chi connectivity index (χ3n) is 1.62. The number of nitrogens with zero attached hydrogens (tertiary/aromatic N) is 1. The van der Waals surface area contributed by atoms with E-state index in [4.69, 9.17) is 11.6 Å². The molecule has 0 aliphatic rings. The SMILES string of the molecule is CN(CCc1ccc(Cl)s1)C(=O)Br. The van der Waals surface area contributed by atoms with Gasteiger partial charge in [0.1, 0.15) is 0 Å². The van der Waals surface area contributed by atoms with E-state index in [0.29, 0.717) is 6.54 Å². The van der Waals surface area contributed by atoms with Crippen LogP contribution in [0.15, 0.2) is 12.1 Å². The molecule has 0 saturated heterocycles. The molecule has 1 amide bonds. The lowest BCUT2D eigenvalue weighted by molar-refractivity contribution is 0.235. The van der Waals surface area contributed by atoms with Crippen LogP contribution in [-0.2, 0) is 6.42 Å². The van der Waals surface area contributed by atoms with E-state index in [1.165, 1.54) is 4.88 Å². The van der Waals surface area contributed by atoms with Gasteiger partial charge in [0.2, 0.25) is 0 Å². The van der Waals surface area contributed by atoms with E-state index in [1.54, 1.807) is 23.3 Å². The summed E-state index contributed by atoms with van der Waals surface area (Å²) in [4.78, 5) is 13.5. The lowest BCUT2D eigenvalue weighted by atomic mass is 10.3. The van der Waals surface area contributed by atoms with E-state index in [1.807, 2.05) is 12.1 Å². The molecule has 0 aliphatic carbocycles. The van der Waals surface area contributed by atoms with Gasteiger partial charge in [0.05, 0.1) is 4.34 Å². The number of halogens is 2. The maximum absolute atomic E-state index is 10.8. The first-order valence-corrected chi connectivity index (χ1v) is 5.73. The smallest absolute Gasteiger partial charge is 0.289 e. The van der Waals surface area contributed by atoms with Crippen molar-refractivity contribution in [3.8, 4) is 0 Å². The van der Waals surface area contributed by atoms with Gasteiger partial charge in [-0.1, -0.05) is 11.6 Å². The second-order valence-corrected chi connectivity index (χ2v) is 5.11. The Morgan fingerprint density at radius 2 is 2.38 bits per heavy atom. The Labute approximate surface area is 94.6 Å². The van der Waals surface area contributed by atoms with E-state index in [2.05, 4.69) is 15.9 Å². The topological polar surface area (TPSA) is 20.3 Å². The molecule has 0 bridgehead atoms. The van der Waals surface area contributed by atoms with Crippen LogP contribution in [0.4, 0.5) is 4.79 Å². The van der Waals surface area contributed by atoms with Crippen molar-refractivity contribution >= 4 is 43.7 Å². The molecule has 1 heterocycles. The van der Waals surface area contributed by atoms with Gasteiger partial charge in [-0.25, -0.2) is 0 Å². The van der Waals surface area contributed by atoms with Gasteiger partial charge in [-0.15, -0.1) is 11.3 Å². The number of thiophene rings is 1. The Morgan fingerprint density at radius 1 is 1.69 bits per heavy atom. The molecule has 0 aliphatic heterocycles. The normalized spacial score (nSPS) is 10.1. The molecular formula is C8H9BrClNOS. The maximum atomic E-state index is 10.8. The molecule has 1 aromatic heterocycles. The molecule has 5 heteroatoms. The van der Waals surface area contributed by atoms with Gasteiger partial charge in [0.15, 0.2) is 0 Å². The lowest BCUT2D eigenvalue weighted by Gasteiger charge is -2.11. The zero-order chi connectivity index (χ0) is 9.84. The Kier molecular flexibility index (Phi) is 4.22. The van der Waals surface area contributed by atoms with Crippen LogP contribution in [0.5, 0.6) is 0 Å². The van der Waals surface area contributed by atoms with Gasteiger partial charge >= 0.3 is 0 Å². The summed E-state index contributed by atoms with van der Waals surface area (Å²) in [5.41, 5.74) is 0. The second kappa shape index (κ2) is 4.98. The minimum absolute atomic E-state index is 0.0878. The van der Waals surface area contributed by atoms with Gasteiger partial charge in [0.25, 0.3) is 4.82 Å². The highest BCUT2D eigenvalue weighted by Crippen LogP contribution is 2.21. The quantitative estimate of drug-likeness (QED) is 0.615. The molecule has 0 saturated carbocycles. The Bertz CT molecular complexity index is 302. The molecule has 0 unspecified atom stereocenters. The summed E-state index contributed by atoms with van der Waals surface area (Å²) < 4.78 is 0.794. The molecule has 0 N–H and O–H groups in total. The minimum Gasteiger partial charge on any atom is -0.336 e. The Balaban J connectivity index is 2.39. The van der Waals surface area contributed by atoms with Gasteiger partial charge in [0, 0.05) is 34.4 Å². The summed E-state index contributed by atoms with van der Waals surface area (Å²) in [6, 6.07) is 3.86. The van der Waals surface area contributed by atoms with E-state index in [9.17, 15) is 4.79 Å². The van der Waals surface area contributed by atoms with Crippen LogP contribution in [0, 0.1) is 0 Å². The van der Waals surface area contributed by atoms with Crippen LogP contribution < -0.4 is 0 Å². The summed E-state index contributed by atoms with van der Waals surface area (Å²) in [5.74, 6) is 0. The van der Waals surface area contributed by atoms with Crippen LogP contribution in [-0.4, -0.2) is 23.3 Å². The first-order chi connectivity index (χ1) is 6.09. The summed E-state index contributed by atoms with van der Waals surface area (Å²) in [5, 5.41) is 0. The van der Waals surface area contributed by atoms with Crippen molar-refractivity contribution in [2.24, 2.45) is 0 Å². The zero-order valence-electron chi connectivity index (χ0n) is 7.09. The number of carbonyl (C=O) groups excluding carboxylic acids is 1. The Hall–Kier alpha value is -0.0600. The number of amides is 1. The monoisotopic (exact) mass is 281 g/mol. The molecule has 0 spiro atoms. The number of hydrogen-bond acceptors (Lipinski definition) is 2. The van der Waals surface area contributed by atoms with Gasteiger partial charge in [-0.2, -0.15) is 0 Å². The molecule has 1 aromatic rings. The summed E-state index contributed by atoms with van der Waals surface area (Å²) in [7, 11) is 1.76. The molecule has 0 fully saturated rings. The standard InChI is InChI=1S/C8H9BrClNOS/c1-11(8(9)12)5-4-6-2-3-7(10)13-6/h2-3H,4-5H2,1H3. The molecule has 13 heavy (non-hydrogen) atoms. The van der Waals surface area contributed by atoms with Gasteiger partial charge < -0.3 is 4.90 Å². The fourth-order valence-corrected chi connectivity index (χ4v) is 2.11. The van der Waals surface area contributed by atoms with Crippen molar-refractivity contribution < 1.29 is 4.79 Å². The minimum atomic E-state index is -0.0878. The molecule has 2 nitrogen and oxygen atoms in total. The average Bonchev–Trinajstić information content (AvgIpc) is 2.47. The van der Waals surface area contributed by atoms with E-state index in [-0.39, 0.29) is 4.82 Å². The van der Waals surface area contributed by atoms with Crippen molar-refractivity contribution in [1.82, 2.24) is 4.90 Å². The van der Waals surface area contributed by atoms with Crippen molar-refractivity contribution in [2.45, 2.75) is 6.42 Å². The van der Waals surface area contributed by atoms with Crippen LogP contribution in [0.25, 0.3) is 0 Å². The summed E-state index contributed by atoms with van der Waals surface area (Å²) in [6.45, 7) is 0.709. The van der Waals surface area contributed by atoms with Crippen LogP contribution in [0.2, 0.25) is 4.34 Å². The summed E-state index contributed by atoms with van der Waals surface area (Å²) >= 11 is 10.2. The highest BCUT2D eigenvalue weighted by atomic mass is 79.9. The zero-order valence-corrected chi connectivity index (χ0v) is 10.2. The van der Waals surface area contributed by atoms with Crippen molar-refractivity contribution in [1.29, 1.82) is 0 Å². The van der Waals surface area contributed by atoms with Crippen molar-refractivity contribution in [3.63, 3.8) is 0 Å². The van der Waals surface area contributed by atoms with E-state index >= 15 is 0 Å². The average molecular weight is 283 g/mol. The Morgan fingerprint density at radius 3 is 2.85 bits per heavy atom. The number of carbonyl (C=O) groups is 1. The van der Waals surface area contributed by atoms with Crippen molar-refractivity contribution in [3.05, 3.63) is 21.3 Å². The lowest BCUT2D eigenvalue weighted by Crippen LogP contribution is -2.22. The maximum Gasteiger partial charge on any atom is 0.289 e. The summed E-state index contributed by atoms with van der Waals surface area (Å²) in [6.07, 6.45) is 0.852. The molecule has 0 aromatic carbocycles. The largest absolute Gasteiger partial charge is 0.336 e. The molecule has 0 radical (unpaired) electrons. The van der Waals surface area contributed by atoms with Crippen LogP contribution >= 0.6 is 38.9 Å². The fraction of sp³-hybridized carbons (Fsp3) is 0.375. The fourth-order valence-electron chi connectivity index (χ4n) is 0.852. The molecule has 0 atom stereocenters. The molecule has 1 rings (SSSR count). The van der Waals surface area contributed by atoms with Gasteiger partial charge in [-0.05, 0) is 18.6 Å². The van der Waals surface area contributed by atoms with Crippen LogP contribution in [0.1, 0.15) is 4.88 Å². The molecular weight excluding hydrogens is 274 g/mol. The number of rotatable bonds is 3. The van der Waals surface area contributed by atoms with E-state index < -0.39 is 0 Å². The predicted molar refractivity (Wildman–Crippen MR) is 60.0 cm³/mol. The number of hydrogen-bond donors (Lipinski definition) is 0. The first-order valence-electron chi connectivity index (χ1n) is 3.74. The number of likely N-dealkylation sites (N-methyl/N-ethyl adjacent to an activating group) is 1. The predicted octanol–water partition coefficient (Wildman–Crippen LogP) is 3.39. The van der Waals surface area contributed by atoms with Crippen LogP contribution in [0.3, 0.4) is 0 Å². The third kappa shape index (κ3) is 3.67. The highest BCUT2D eigenvalue weighted by molar-refractivity contribution is 9.18. The van der Waals surface area contributed by atoms with Crippen molar-refractivity contribution in [2.75, 3.05) is 13.6 Å².